The molecular weight excluding hydrogens is 437 g/mol. The van der Waals surface area contributed by atoms with Crippen molar-refractivity contribution in [2.24, 2.45) is 0 Å². The van der Waals surface area contributed by atoms with Crippen molar-refractivity contribution in [3.63, 3.8) is 0 Å². The zero-order valence-electron chi connectivity index (χ0n) is 13.6. The van der Waals surface area contributed by atoms with Gasteiger partial charge in [0.1, 0.15) is 11.5 Å². The Kier molecular flexibility index (Phi) is 6.28. The second-order valence-corrected chi connectivity index (χ2v) is 5.93. The molecule has 2 N–H and O–H groups in total. The van der Waals surface area contributed by atoms with Crippen molar-refractivity contribution in [1.29, 1.82) is 0 Å². The molecule has 2 rings (SSSR count). The van der Waals surface area contributed by atoms with E-state index in [-0.39, 0.29) is 5.76 Å². The number of hydrogen-bond donors (Lipinski definition) is 1. The summed E-state index contributed by atoms with van der Waals surface area (Å²) in [6.07, 6.45) is 4.78. The summed E-state index contributed by atoms with van der Waals surface area (Å²) in [6.45, 7) is 5.33. The van der Waals surface area contributed by atoms with Crippen LogP contribution in [0.5, 0.6) is 0 Å². The number of carbonyl (C=O) groups is 1. The minimum Gasteiger partial charge on any atom is -0.463 e. The summed E-state index contributed by atoms with van der Waals surface area (Å²) >= 11 is 2.07. The van der Waals surface area contributed by atoms with Gasteiger partial charge in [-0.05, 0) is 53.8 Å². The van der Waals surface area contributed by atoms with E-state index < -0.39 is 5.97 Å². The zero-order chi connectivity index (χ0) is 18.4. The monoisotopic (exact) mass is 453 g/mol. The van der Waals surface area contributed by atoms with Crippen molar-refractivity contribution in [3.8, 4) is 11.5 Å². The second kappa shape index (κ2) is 8.42. The Morgan fingerprint density at radius 1 is 1.36 bits per heavy atom. The van der Waals surface area contributed by atoms with E-state index in [9.17, 15) is 4.79 Å². The van der Waals surface area contributed by atoms with Gasteiger partial charge in [-0.25, -0.2) is 9.78 Å². The molecule has 0 amide bonds. The van der Waals surface area contributed by atoms with Gasteiger partial charge in [0.15, 0.2) is 5.82 Å². The summed E-state index contributed by atoms with van der Waals surface area (Å²) in [5, 5.41) is 8.00. The van der Waals surface area contributed by atoms with Crippen molar-refractivity contribution in [2.45, 2.75) is 6.92 Å². The Bertz CT molecular complexity index is 857. The Hall–Kier alpha value is -2.69. The molecule has 0 bridgehead atoms. The van der Waals surface area contributed by atoms with Gasteiger partial charge in [-0.15, -0.1) is 14.9 Å². The predicted octanol–water partition coefficient (Wildman–Crippen LogP) is 2.22. The summed E-state index contributed by atoms with van der Waals surface area (Å²) < 4.78 is 6.86. The number of nitrogens with two attached hydrogens (primary N) is 1. The van der Waals surface area contributed by atoms with Crippen LogP contribution in [0.2, 0.25) is 0 Å². The van der Waals surface area contributed by atoms with Gasteiger partial charge in [0, 0.05) is 3.58 Å². The average molecular weight is 453 g/mol. The number of pyridine rings is 1. The second-order valence-electron chi connectivity index (χ2n) is 4.68. The van der Waals surface area contributed by atoms with E-state index in [1.54, 1.807) is 37.3 Å². The van der Waals surface area contributed by atoms with Gasteiger partial charge in [0.05, 0.1) is 7.11 Å². The summed E-state index contributed by atoms with van der Waals surface area (Å²) in [7, 11) is 1.26. The highest BCUT2D eigenvalue weighted by Crippen LogP contribution is 2.17. The first-order chi connectivity index (χ1) is 12.0. The molecule has 8 nitrogen and oxygen atoms in total. The molecular formula is C16H16IN5O3. The number of ether oxygens (including phenoxy) is 1. The Morgan fingerprint density at radius 2 is 2.12 bits per heavy atom. The van der Waals surface area contributed by atoms with E-state index in [1.807, 2.05) is 0 Å². The van der Waals surface area contributed by atoms with E-state index >= 15 is 0 Å². The number of esters is 1. The number of methoxy groups -OCH3 is 1. The van der Waals surface area contributed by atoms with Gasteiger partial charge in [0.25, 0.3) is 0 Å². The molecule has 9 heteroatoms. The highest BCUT2D eigenvalue weighted by molar-refractivity contribution is 14.1. The van der Waals surface area contributed by atoms with Crippen LogP contribution in [-0.2, 0) is 9.53 Å². The molecule has 0 aliphatic rings. The van der Waals surface area contributed by atoms with Gasteiger partial charge >= 0.3 is 5.97 Å². The summed E-state index contributed by atoms with van der Waals surface area (Å²) in [4.78, 5) is 21.9. The number of nitrogens with zero attached hydrogens (tertiary/aromatic N) is 4. The molecule has 2 heterocycles. The third-order valence-corrected chi connectivity index (χ3v) is 3.74. The summed E-state index contributed by atoms with van der Waals surface area (Å²) in [5.74, 6) is 0.367. The van der Waals surface area contributed by atoms with E-state index in [2.05, 4.69) is 44.4 Å². The smallest absolute Gasteiger partial charge is 0.376 e. The maximum Gasteiger partial charge on any atom is 0.376 e. The lowest BCUT2D eigenvalue weighted by Crippen LogP contribution is -2.21. The molecule has 0 spiro atoms. The molecule has 0 radical (unpaired) electrons. The standard InChI is InChI=1S/C16H16IN5O3/c1-4-11(17)8-9-13(16(23)24-3)25-22-10(2)20-21-15(22)12-6-5-7-14(18)19-12/h4-9H,1H2,2-3H3,(H2,18,19)/b11-8+,13-9+. The number of anilines is 1. The molecule has 0 saturated carbocycles. The molecule has 0 aliphatic carbocycles. The third-order valence-electron chi connectivity index (χ3n) is 2.94. The minimum atomic E-state index is -0.649. The van der Waals surface area contributed by atoms with Crippen LogP contribution in [0.1, 0.15) is 5.82 Å². The molecule has 0 aromatic carbocycles. The van der Waals surface area contributed by atoms with Crippen LogP contribution in [0.3, 0.4) is 0 Å². The first-order valence-electron chi connectivity index (χ1n) is 7.07. The number of carbonyl (C=O) groups excluding carboxylic acids is 1. The van der Waals surface area contributed by atoms with Crippen LogP contribution in [0, 0.1) is 6.92 Å². The van der Waals surface area contributed by atoms with Crippen LogP contribution in [0.15, 0.2) is 52.3 Å². The lowest BCUT2D eigenvalue weighted by molar-refractivity contribution is -0.140. The van der Waals surface area contributed by atoms with Crippen molar-refractivity contribution in [3.05, 3.63) is 58.2 Å². The number of hydrogen-bond acceptors (Lipinski definition) is 7. The Morgan fingerprint density at radius 3 is 2.76 bits per heavy atom. The molecule has 2 aromatic rings. The SMILES string of the molecule is C=C/C(I)=C\C=C(\On1c(C)nnc1-c1cccc(N)n1)C(=O)OC. The third kappa shape index (κ3) is 4.66. The Balaban J connectivity index is 2.45. The first kappa shape index (κ1) is 18.6. The fraction of sp³-hybridized carbons (Fsp3) is 0.125. The van der Waals surface area contributed by atoms with Crippen LogP contribution < -0.4 is 10.6 Å². The van der Waals surface area contributed by atoms with E-state index in [4.69, 9.17) is 15.3 Å². The summed E-state index contributed by atoms with van der Waals surface area (Å²) in [6, 6.07) is 5.10. The Labute approximate surface area is 158 Å². The summed E-state index contributed by atoms with van der Waals surface area (Å²) in [5.41, 5.74) is 6.17. The quantitative estimate of drug-likeness (QED) is 0.235. The number of rotatable bonds is 6. The highest BCUT2D eigenvalue weighted by atomic mass is 127. The number of aryl methyl sites for hydroxylation is 1. The lowest BCUT2D eigenvalue weighted by atomic mass is 10.3. The van der Waals surface area contributed by atoms with E-state index in [0.717, 1.165) is 3.58 Å². The number of halogens is 1. The fourth-order valence-corrected chi connectivity index (χ4v) is 1.93. The number of nitrogen functional groups attached to an aromatic ring is 1. The molecule has 25 heavy (non-hydrogen) atoms. The van der Waals surface area contributed by atoms with Crippen LogP contribution in [-0.4, -0.2) is 33.0 Å². The fourth-order valence-electron chi connectivity index (χ4n) is 1.75. The molecule has 0 aliphatic heterocycles. The van der Waals surface area contributed by atoms with Crippen molar-refractivity contribution < 1.29 is 14.4 Å². The van der Waals surface area contributed by atoms with Gasteiger partial charge in [-0.3, -0.25) is 0 Å². The van der Waals surface area contributed by atoms with Crippen molar-refractivity contribution >= 4 is 34.4 Å². The van der Waals surface area contributed by atoms with E-state index in [1.165, 1.54) is 17.9 Å². The first-order valence-corrected chi connectivity index (χ1v) is 8.15. The van der Waals surface area contributed by atoms with Gasteiger partial charge in [-0.2, -0.15) is 0 Å². The molecule has 0 unspecified atom stereocenters. The molecule has 0 saturated heterocycles. The number of allylic oxidation sites excluding steroid dienone is 4. The van der Waals surface area contributed by atoms with Crippen molar-refractivity contribution in [1.82, 2.24) is 19.9 Å². The lowest BCUT2D eigenvalue weighted by Gasteiger charge is -2.11. The van der Waals surface area contributed by atoms with Crippen LogP contribution >= 0.6 is 22.6 Å². The number of aromatic nitrogens is 4. The van der Waals surface area contributed by atoms with Gasteiger partial charge < -0.3 is 15.3 Å². The molecule has 0 fully saturated rings. The maximum atomic E-state index is 12.0. The molecule has 2 aromatic heterocycles. The topological polar surface area (TPSA) is 105 Å². The van der Waals surface area contributed by atoms with Crippen LogP contribution in [0.25, 0.3) is 11.5 Å². The zero-order valence-corrected chi connectivity index (χ0v) is 15.8. The highest BCUT2D eigenvalue weighted by Gasteiger charge is 2.19. The minimum absolute atomic E-state index is 0.0495. The van der Waals surface area contributed by atoms with Gasteiger partial charge in [0.2, 0.25) is 11.6 Å². The normalized spacial score (nSPS) is 12.0. The molecule has 130 valence electrons. The van der Waals surface area contributed by atoms with Crippen LogP contribution in [0.4, 0.5) is 5.82 Å². The van der Waals surface area contributed by atoms with Gasteiger partial charge in [-0.1, -0.05) is 18.7 Å². The predicted molar refractivity (Wildman–Crippen MR) is 101 cm³/mol. The maximum absolute atomic E-state index is 12.0. The average Bonchev–Trinajstić information content (AvgIpc) is 2.98. The van der Waals surface area contributed by atoms with Crippen molar-refractivity contribution in [2.75, 3.05) is 12.8 Å². The van der Waals surface area contributed by atoms with E-state index in [0.29, 0.717) is 23.2 Å². The largest absolute Gasteiger partial charge is 0.463 e. The molecule has 0 atom stereocenters.